The number of urea groups is 1. The predicted molar refractivity (Wildman–Crippen MR) is 57.0 cm³/mol. The second-order valence-corrected chi connectivity index (χ2v) is 3.69. The van der Waals surface area contributed by atoms with Gasteiger partial charge in [0, 0.05) is 6.04 Å². The number of nitrogens with one attached hydrogen (secondary N) is 2. The molecule has 0 aliphatic heterocycles. The zero-order valence-electron chi connectivity index (χ0n) is 8.85. The molecule has 2 atom stereocenters. The first-order valence-corrected chi connectivity index (χ1v) is 5.20. The molecule has 0 aromatic carbocycles. The van der Waals surface area contributed by atoms with Crippen LogP contribution in [0.25, 0.3) is 0 Å². The van der Waals surface area contributed by atoms with Crippen LogP contribution in [0.3, 0.4) is 0 Å². The van der Waals surface area contributed by atoms with Gasteiger partial charge in [-0.25, -0.2) is 9.59 Å². The molecule has 6 nitrogen and oxygen atoms in total. The molecule has 0 saturated heterocycles. The van der Waals surface area contributed by atoms with E-state index in [4.69, 9.17) is 10.2 Å². The molecule has 0 aromatic rings. The van der Waals surface area contributed by atoms with E-state index in [1.54, 1.807) is 0 Å². The molecule has 1 aliphatic carbocycles. The Kier molecular flexibility index (Phi) is 4.78. The number of hydrogen-bond acceptors (Lipinski definition) is 3. The third-order valence-electron chi connectivity index (χ3n) is 2.35. The summed E-state index contributed by atoms with van der Waals surface area (Å²) in [6.45, 7) is -0.288. The van der Waals surface area contributed by atoms with Gasteiger partial charge >= 0.3 is 12.0 Å². The Labute approximate surface area is 93.3 Å². The lowest BCUT2D eigenvalue weighted by molar-refractivity contribution is -0.146. The van der Waals surface area contributed by atoms with Gasteiger partial charge < -0.3 is 20.8 Å². The van der Waals surface area contributed by atoms with Crippen LogP contribution in [0.2, 0.25) is 0 Å². The maximum Gasteiger partial charge on any atom is 0.334 e. The average Bonchev–Trinajstić information content (AvgIpc) is 2.27. The number of aliphatic carboxylic acids is 1. The van der Waals surface area contributed by atoms with E-state index in [1.807, 2.05) is 6.08 Å². The van der Waals surface area contributed by atoms with Gasteiger partial charge in [-0.1, -0.05) is 12.2 Å². The number of aliphatic hydroxyl groups is 1. The molecule has 0 spiro atoms. The average molecular weight is 228 g/mol. The molecular weight excluding hydrogens is 212 g/mol. The van der Waals surface area contributed by atoms with E-state index in [-0.39, 0.29) is 12.6 Å². The first-order valence-electron chi connectivity index (χ1n) is 5.20. The summed E-state index contributed by atoms with van der Waals surface area (Å²) < 4.78 is 0. The van der Waals surface area contributed by atoms with Crippen LogP contribution in [-0.4, -0.2) is 40.9 Å². The molecule has 0 heterocycles. The van der Waals surface area contributed by atoms with Gasteiger partial charge in [-0.05, 0) is 19.3 Å². The van der Waals surface area contributed by atoms with Crippen LogP contribution in [0.4, 0.5) is 4.79 Å². The summed E-state index contributed by atoms with van der Waals surface area (Å²) in [5, 5.41) is 22.3. The van der Waals surface area contributed by atoms with Crippen LogP contribution in [0.15, 0.2) is 12.2 Å². The topological polar surface area (TPSA) is 98.7 Å². The van der Waals surface area contributed by atoms with E-state index < -0.39 is 18.1 Å². The number of hydrogen-bond donors (Lipinski definition) is 4. The van der Waals surface area contributed by atoms with E-state index in [1.165, 1.54) is 0 Å². The van der Waals surface area contributed by atoms with Crippen molar-refractivity contribution < 1.29 is 19.8 Å². The standard InChI is InChI=1S/C10H16N2O4/c13-8(9(14)15)6-11-10(16)12-7-4-2-1-3-5-7/h1-2,7-8,13H,3-6H2,(H,14,15)(H2,11,12,16). The van der Waals surface area contributed by atoms with Crippen molar-refractivity contribution in [1.82, 2.24) is 10.6 Å². The van der Waals surface area contributed by atoms with E-state index in [9.17, 15) is 9.59 Å². The second-order valence-electron chi connectivity index (χ2n) is 3.69. The number of amides is 2. The largest absolute Gasteiger partial charge is 0.479 e. The summed E-state index contributed by atoms with van der Waals surface area (Å²) in [6, 6.07) is -0.354. The molecule has 16 heavy (non-hydrogen) atoms. The maximum atomic E-state index is 11.3. The minimum absolute atomic E-state index is 0.0898. The number of aliphatic hydroxyl groups excluding tert-OH is 1. The minimum Gasteiger partial charge on any atom is -0.479 e. The fourth-order valence-corrected chi connectivity index (χ4v) is 1.44. The van der Waals surface area contributed by atoms with Crippen LogP contribution >= 0.6 is 0 Å². The van der Waals surface area contributed by atoms with Gasteiger partial charge in [0.1, 0.15) is 0 Å². The number of carbonyl (C=O) groups excluding carboxylic acids is 1. The van der Waals surface area contributed by atoms with Gasteiger partial charge in [0.2, 0.25) is 0 Å². The van der Waals surface area contributed by atoms with Gasteiger partial charge in [0.15, 0.2) is 6.10 Å². The molecule has 0 bridgehead atoms. The van der Waals surface area contributed by atoms with Crippen molar-refractivity contribution in [3.05, 3.63) is 12.2 Å². The number of allylic oxidation sites excluding steroid dienone is 1. The summed E-state index contributed by atoms with van der Waals surface area (Å²) in [5.74, 6) is -1.35. The highest BCUT2D eigenvalue weighted by Gasteiger charge is 2.16. The zero-order valence-corrected chi connectivity index (χ0v) is 8.85. The molecule has 90 valence electrons. The molecule has 1 rings (SSSR count). The Morgan fingerprint density at radius 2 is 2.19 bits per heavy atom. The fraction of sp³-hybridized carbons (Fsp3) is 0.600. The van der Waals surface area contributed by atoms with Crippen molar-refractivity contribution in [2.75, 3.05) is 6.54 Å². The van der Waals surface area contributed by atoms with Crippen molar-refractivity contribution in [3.63, 3.8) is 0 Å². The smallest absolute Gasteiger partial charge is 0.334 e. The van der Waals surface area contributed by atoms with Gasteiger partial charge in [0.05, 0.1) is 6.54 Å². The Hall–Kier alpha value is -1.56. The SMILES string of the molecule is O=C(NCC(O)C(=O)O)NC1CC=CCC1. The zero-order chi connectivity index (χ0) is 12.0. The fourth-order valence-electron chi connectivity index (χ4n) is 1.44. The first kappa shape index (κ1) is 12.5. The molecule has 1 aliphatic rings. The normalized spacial score (nSPS) is 21.2. The molecule has 0 fully saturated rings. The summed E-state index contributed by atoms with van der Waals surface area (Å²) in [6.07, 6.45) is 5.10. The van der Waals surface area contributed by atoms with Gasteiger partial charge in [-0.2, -0.15) is 0 Å². The lowest BCUT2D eigenvalue weighted by atomic mass is 10.0. The Morgan fingerprint density at radius 1 is 1.44 bits per heavy atom. The highest BCUT2D eigenvalue weighted by molar-refractivity contribution is 5.76. The Balaban J connectivity index is 2.20. The van der Waals surface area contributed by atoms with Crippen LogP contribution in [0, 0.1) is 0 Å². The quantitative estimate of drug-likeness (QED) is 0.502. The van der Waals surface area contributed by atoms with Crippen LogP contribution < -0.4 is 10.6 Å². The second kappa shape index (κ2) is 6.12. The Bertz CT molecular complexity index is 291. The van der Waals surface area contributed by atoms with Crippen molar-refractivity contribution in [1.29, 1.82) is 0 Å². The molecule has 2 unspecified atom stereocenters. The Morgan fingerprint density at radius 3 is 2.75 bits per heavy atom. The van der Waals surface area contributed by atoms with E-state index in [0.29, 0.717) is 0 Å². The lowest BCUT2D eigenvalue weighted by Crippen LogP contribution is -2.46. The van der Waals surface area contributed by atoms with E-state index in [0.717, 1.165) is 19.3 Å². The summed E-state index contributed by atoms with van der Waals surface area (Å²) in [4.78, 5) is 21.6. The van der Waals surface area contributed by atoms with Crippen molar-refractivity contribution in [3.8, 4) is 0 Å². The third-order valence-corrected chi connectivity index (χ3v) is 2.35. The summed E-state index contributed by atoms with van der Waals surface area (Å²) in [7, 11) is 0. The van der Waals surface area contributed by atoms with E-state index >= 15 is 0 Å². The predicted octanol–water partition coefficient (Wildman–Crippen LogP) is -0.160. The summed E-state index contributed by atoms with van der Waals surface area (Å²) >= 11 is 0. The molecule has 6 heteroatoms. The lowest BCUT2D eigenvalue weighted by Gasteiger charge is -2.19. The highest BCUT2D eigenvalue weighted by atomic mass is 16.4. The molecular formula is C10H16N2O4. The number of carboxylic acid groups (broad SMARTS) is 1. The van der Waals surface area contributed by atoms with Crippen molar-refractivity contribution >= 4 is 12.0 Å². The highest BCUT2D eigenvalue weighted by Crippen LogP contribution is 2.09. The molecule has 0 aromatic heterocycles. The number of carbonyl (C=O) groups is 2. The first-order chi connectivity index (χ1) is 7.59. The van der Waals surface area contributed by atoms with Gasteiger partial charge in [-0.3, -0.25) is 0 Å². The van der Waals surface area contributed by atoms with Crippen molar-refractivity contribution in [2.24, 2.45) is 0 Å². The summed E-state index contributed by atoms with van der Waals surface area (Å²) in [5.41, 5.74) is 0. The number of carboxylic acids is 1. The molecule has 4 N–H and O–H groups in total. The van der Waals surface area contributed by atoms with Crippen LogP contribution in [0.5, 0.6) is 0 Å². The molecule has 2 amide bonds. The minimum atomic E-state index is -1.56. The number of rotatable bonds is 4. The van der Waals surface area contributed by atoms with Gasteiger partial charge in [0.25, 0.3) is 0 Å². The van der Waals surface area contributed by atoms with Gasteiger partial charge in [-0.15, -0.1) is 0 Å². The third kappa shape index (κ3) is 4.31. The van der Waals surface area contributed by atoms with Crippen molar-refractivity contribution in [2.45, 2.75) is 31.4 Å². The van der Waals surface area contributed by atoms with Crippen LogP contribution in [-0.2, 0) is 4.79 Å². The molecule has 0 saturated carbocycles. The van der Waals surface area contributed by atoms with E-state index in [2.05, 4.69) is 16.7 Å². The van der Waals surface area contributed by atoms with Crippen LogP contribution in [0.1, 0.15) is 19.3 Å². The maximum absolute atomic E-state index is 11.3. The monoisotopic (exact) mass is 228 g/mol. The molecule has 0 radical (unpaired) electrons.